The summed E-state index contributed by atoms with van der Waals surface area (Å²) in [5.41, 5.74) is 7.33. The minimum absolute atomic E-state index is 0.200. The molecule has 0 unspecified atom stereocenters. The molecular formula is C15H23N3O2S. The van der Waals surface area contributed by atoms with Crippen LogP contribution in [-0.2, 0) is 4.79 Å². The van der Waals surface area contributed by atoms with Crippen LogP contribution in [0.1, 0.15) is 31.9 Å². The third-order valence-corrected chi connectivity index (χ3v) is 3.17. The Labute approximate surface area is 131 Å². The van der Waals surface area contributed by atoms with Gasteiger partial charge in [0.25, 0.3) is 5.91 Å². The van der Waals surface area contributed by atoms with Crippen LogP contribution in [0.15, 0.2) is 18.2 Å². The van der Waals surface area contributed by atoms with Gasteiger partial charge in [0.05, 0.1) is 0 Å². The van der Waals surface area contributed by atoms with Crippen LogP contribution in [0.25, 0.3) is 0 Å². The molecule has 0 fully saturated rings. The summed E-state index contributed by atoms with van der Waals surface area (Å²) in [6.45, 7) is 9.58. The molecule has 0 aliphatic heterocycles. The predicted octanol–water partition coefficient (Wildman–Crippen LogP) is 1.97. The molecule has 0 bridgehead atoms. The molecule has 0 heterocycles. The van der Waals surface area contributed by atoms with Gasteiger partial charge in [-0.1, -0.05) is 12.1 Å². The first-order valence-electron chi connectivity index (χ1n) is 6.90. The third kappa shape index (κ3) is 5.59. The normalized spacial score (nSPS) is 11.7. The van der Waals surface area contributed by atoms with Crippen LogP contribution in [-0.4, -0.2) is 23.2 Å². The van der Waals surface area contributed by atoms with Gasteiger partial charge >= 0.3 is 0 Å². The van der Waals surface area contributed by atoms with Gasteiger partial charge in [-0.05, 0) is 64.0 Å². The fraction of sp³-hybridized carbons (Fsp3) is 0.467. The molecule has 1 aromatic rings. The molecule has 0 saturated carbocycles. The number of amides is 1. The van der Waals surface area contributed by atoms with E-state index in [1.807, 2.05) is 45.9 Å². The first-order chi connectivity index (χ1) is 9.81. The molecule has 5 nitrogen and oxygen atoms in total. The van der Waals surface area contributed by atoms with Gasteiger partial charge in [0.1, 0.15) is 5.75 Å². The lowest BCUT2D eigenvalue weighted by molar-refractivity contribution is -0.127. The Morgan fingerprint density at radius 3 is 2.48 bits per heavy atom. The Balaban J connectivity index is 2.51. The van der Waals surface area contributed by atoms with E-state index in [1.54, 1.807) is 6.92 Å². The third-order valence-electron chi connectivity index (χ3n) is 2.95. The highest BCUT2D eigenvalue weighted by Gasteiger charge is 2.16. The van der Waals surface area contributed by atoms with Gasteiger partial charge in [-0.15, -0.1) is 0 Å². The molecule has 3 N–H and O–H groups in total. The fourth-order valence-electron chi connectivity index (χ4n) is 1.61. The van der Waals surface area contributed by atoms with E-state index in [0.29, 0.717) is 10.9 Å². The number of carbonyl (C=O) groups is 1. The van der Waals surface area contributed by atoms with E-state index >= 15 is 0 Å². The number of rotatable bonds is 4. The maximum absolute atomic E-state index is 11.9. The van der Waals surface area contributed by atoms with E-state index in [4.69, 9.17) is 17.0 Å². The van der Waals surface area contributed by atoms with Crippen molar-refractivity contribution in [1.82, 2.24) is 16.2 Å². The quantitative estimate of drug-likeness (QED) is 0.586. The number of ether oxygens (including phenoxy) is 1. The van der Waals surface area contributed by atoms with E-state index in [0.717, 1.165) is 11.1 Å². The molecule has 0 saturated heterocycles. The van der Waals surface area contributed by atoms with Crippen LogP contribution in [0.2, 0.25) is 0 Å². The Morgan fingerprint density at radius 1 is 1.19 bits per heavy atom. The molecular weight excluding hydrogens is 286 g/mol. The van der Waals surface area contributed by atoms with Crippen molar-refractivity contribution < 1.29 is 9.53 Å². The van der Waals surface area contributed by atoms with Crippen molar-refractivity contribution in [2.75, 3.05) is 0 Å². The lowest BCUT2D eigenvalue weighted by atomic mass is 10.1. The molecule has 0 aliphatic carbocycles. The number of benzene rings is 1. The number of aryl methyl sites for hydroxylation is 1. The highest BCUT2D eigenvalue weighted by atomic mass is 32.1. The maximum atomic E-state index is 11.9. The number of carbonyl (C=O) groups excluding carboxylic acids is 1. The van der Waals surface area contributed by atoms with Crippen LogP contribution in [0, 0.1) is 13.8 Å². The second-order valence-corrected chi connectivity index (χ2v) is 5.61. The number of hydrogen-bond donors (Lipinski definition) is 3. The van der Waals surface area contributed by atoms with E-state index in [1.165, 1.54) is 0 Å². The molecule has 116 valence electrons. The molecule has 1 amide bonds. The summed E-state index contributed by atoms with van der Waals surface area (Å²) in [4.78, 5) is 11.9. The van der Waals surface area contributed by atoms with Crippen LogP contribution in [0.5, 0.6) is 5.75 Å². The minimum atomic E-state index is -0.625. The summed E-state index contributed by atoms with van der Waals surface area (Å²) in [7, 11) is 0. The van der Waals surface area contributed by atoms with Gasteiger partial charge in [0, 0.05) is 6.04 Å². The molecule has 0 aromatic heterocycles. The molecule has 0 aliphatic rings. The molecule has 1 aromatic carbocycles. The van der Waals surface area contributed by atoms with E-state index in [2.05, 4.69) is 16.2 Å². The zero-order chi connectivity index (χ0) is 16.0. The summed E-state index contributed by atoms with van der Waals surface area (Å²) in [5.74, 6) is 0.421. The molecule has 21 heavy (non-hydrogen) atoms. The van der Waals surface area contributed by atoms with Gasteiger partial charge in [-0.25, -0.2) is 0 Å². The maximum Gasteiger partial charge on any atom is 0.279 e. The number of hydrazine groups is 1. The molecule has 0 spiro atoms. The zero-order valence-electron chi connectivity index (χ0n) is 13.1. The van der Waals surface area contributed by atoms with Crippen molar-refractivity contribution in [1.29, 1.82) is 0 Å². The Kier molecular flexibility index (Phi) is 6.42. The summed E-state index contributed by atoms with van der Waals surface area (Å²) >= 11 is 5.03. The lowest BCUT2D eigenvalue weighted by Crippen LogP contribution is -2.51. The van der Waals surface area contributed by atoms with Gasteiger partial charge in [0.2, 0.25) is 0 Å². The highest BCUT2D eigenvalue weighted by molar-refractivity contribution is 7.80. The first kappa shape index (κ1) is 17.2. The summed E-state index contributed by atoms with van der Waals surface area (Å²) in [6, 6.07) is 5.96. The zero-order valence-corrected chi connectivity index (χ0v) is 13.9. The summed E-state index contributed by atoms with van der Waals surface area (Å²) in [6.07, 6.45) is -0.625. The van der Waals surface area contributed by atoms with Crippen molar-refractivity contribution in [2.24, 2.45) is 0 Å². The van der Waals surface area contributed by atoms with Crippen molar-refractivity contribution in [2.45, 2.75) is 46.8 Å². The molecule has 1 rings (SSSR count). The van der Waals surface area contributed by atoms with Crippen molar-refractivity contribution >= 4 is 23.2 Å². The van der Waals surface area contributed by atoms with Crippen LogP contribution >= 0.6 is 12.2 Å². The Hall–Kier alpha value is -1.82. The smallest absolute Gasteiger partial charge is 0.279 e. The van der Waals surface area contributed by atoms with Gasteiger partial charge in [-0.3, -0.25) is 15.6 Å². The molecule has 6 heteroatoms. The fourth-order valence-corrected chi connectivity index (χ4v) is 1.90. The van der Waals surface area contributed by atoms with Crippen molar-refractivity contribution in [3.63, 3.8) is 0 Å². The second kappa shape index (κ2) is 7.83. The largest absolute Gasteiger partial charge is 0.481 e. The summed E-state index contributed by atoms with van der Waals surface area (Å²) in [5, 5.41) is 3.34. The van der Waals surface area contributed by atoms with Crippen molar-refractivity contribution in [3.8, 4) is 5.75 Å². The predicted molar refractivity (Wildman–Crippen MR) is 88.2 cm³/mol. The van der Waals surface area contributed by atoms with Gasteiger partial charge < -0.3 is 10.1 Å². The monoisotopic (exact) mass is 309 g/mol. The number of thiocarbonyl (C=S) groups is 1. The Morgan fingerprint density at radius 2 is 1.86 bits per heavy atom. The van der Waals surface area contributed by atoms with Crippen molar-refractivity contribution in [3.05, 3.63) is 29.3 Å². The van der Waals surface area contributed by atoms with E-state index in [-0.39, 0.29) is 11.9 Å². The van der Waals surface area contributed by atoms with Crippen LogP contribution < -0.4 is 20.9 Å². The summed E-state index contributed by atoms with van der Waals surface area (Å²) < 4.78 is 5.69. The minimum Gasteiger partial charge on any atom is -0.481 e. The number of nitrogens with one attached hydrogen (secondary N) is 3. The van der Waals surface area contributed by atoms with Gasteiger partial charge in [-0.2, -0.15) is 0 Å². The van der Waals surface area contributed by atoms with E-state index < -0.39 is 6.10 Å². The van der Waals surface area contributed by atoms with E-state index in [9.17, 15) is 4.79 Å². The Bertz CT molecular complexity index is 518. The first-order valence-corrected chi connectivity index (χ1v) is 7.31. The lowest BCUT2D eigenvalue weighted by Gasteiger charge is -2.18. The average Bonchev–Trinajstić information content (AvgIpc) is 2.40. The average molecular weight is 309 g/mol. The second-order valence-electron chi connectivity index (χ2n) is 5.20. The van der Waals surface area contributed by atoms with Gasteiger partial charge in [0.15, 0.2) is 11.2 Å². The molecule has 1 atom stereocenters. The standard InChI is InChI=1S/C15H23N3O2S/c1-9(2)16-15(21)18-17-14(19)12(5)20-13-8-6-7-10(3)11(13)4/h6-9,12H,1-5H3,(H,17,19)(H2,16,18,21)/t12-/m1/s1. The molecule has 0 radical (unpaired) electrons. The topological polar surface area (TPSA) is 62.4 Å². The van der Waals surface area contributed by atoms with Crippen LogP contribution in [0.3, 0.4) is 0 Å². The SMILES string of the molecule is Cc1cccc(O[C@H](C)C(=O)NNC(=S)NC(C)C)c1C. The van der Waals surface area contributed by atoms with Crippen LogP contribution in [0.4, 0.5) is 0 Å². The highest BCUT2D eigenvalue weighted by Crippen LogP contribution is 2.21. The number of hydrogen-bond acceptors (Lipinski definition) is 3.